The lowest BCUT2D eigenvalue weighted by Gasteiger charge is -2.37. The van der Waals surface area contributed by atoms with Gasteiger partial charge in [0.2, 0.25) is 11.8 Å². The second kappa shape index (κ2) is 4.47. The lowest BCUT2D eigenvalue weighted by molar-refractivity contribution is -0.148. The summed E-state index contributed by atoms with van der Waals surface area (Å²) in [6, 6.07) is 0. The molecule has 2 amide bonds. The number of hydrogen-bond acceptors (Lipinski definition) is 2. The summed E-state index contributed by atoms with van der Waals surface area (Å²) in [7, 11) is 0. The molecule has 1 saturated heterocycles. The fourth-order valence-electron chi connectivity index (χ4n) is 1.66. The highest BCUT2D eigenvalue weighted by Gasteiger charge is 2.38. The van der Waals surface area contributed by atoms with Gasteiger partial charge in [-0.05, 0) is 27.2 Å². The second-order valence-corrected chi connectivity index (χ2v) is 4.26. The Labute approximate surface area is 90.3 Å². The maximum atomic E-state index is 11.9. The largest absolute Gasteiger partial charge is 0.341 e. The quantitative estimate of drug-likeness (QED) is 0.697. The minimum Gasteiger partial charge on any atom is -0.341 e. The van der Waals surface area contributed by atoms with Gasteiger partial charge in [-0.15, -0.1) is 0 Å². The van der Waals surface area contributed by atoms with Gasteiger partial charge in [0, 0.05) is 6.54 Å². The highest BCUT2D eigenvalue weighted by molar-refractivity contribution is 5.97. The molecular formula is C11H18N2O2. The fraction of sp³-hybridized carbons (Fsp3) is 0.636. The van der Waals surface area contributed by atoms with Crippen molar-refractivity contribution in [1.29, 1.82) is 0 Å². The third-order valence-electron chi connectivity index (χ3n) is 2.41. The molecule has 0 bridgehead atoms. The van der Waals surface area contributed by atoms with Crippen molar-refractivity contribution in [2.45, 2.75) is 32.7 Å². The van der Waals surface area contributed by atoms with Gasteiger partial charge in [-0.3, -0.25) is 9.59 Å². The molecule has 0 aromatic carbocycles. The predicted molar refractivity (Wildman–Crippen MR) is 58.2 cm³/mol. The van der Waals surface area contributed by atoms with Crippen LogP contribution in [0.15, 0.2) is 12.2 Å². The van der Waals surface area contributed by atoms with E-state index in [-0.39, 0.29) is 18.4 Å². The minimum absolute atomic E-state index is 0.00777. The van der Waals surface area contributed by atoms with Crippen LogP contribution in [0.5, 0.6) is 0 Å². The van der Waals surface area contributed by atoms with Crippen molar-refractivity contribution in [2.24, 2.45) is 0 Å². The van der Waals surface area contributed by atoms with E-state index in [0.29, 0.717) is 6.54 Å². The number of allylic oxidation sites excluding steroid dienone is 1. The van der Waals surface area contributed by atoms with Gasteiger partial charge in [-0.1, -0.05) is 12.2 Å². The van der Waals surface area contributed by atoms with Gasteiger partial charge >= 0.3 is 0 Å². The first-order chi connectivity index (χ1) is 6.97. The number of carbonyl (C=O) groups excluding carboxylic acids is 2. The van der Waals surface area contributed by atoms with E-state index in [1.54, 1.807) is 18.7 Å². The summed E-state index contributed by atoms with van der Waals surface area (Å²) in [5, 5.41) is 2.68. The molecule has 4 nitrogen and oxygen atoms in total. The molecule has 84 valence electrons. The summed E-state index contributed by atoms with van der Waals surface area (Å²) in [5.74, 6) is -0.0910. The van der Waals surface area contributed by atoms with Crippen molar-refractivity contribution in [3.63, 3.8) is 0 Å². The van der Waals surface area contributed by atoms with Crippen LogP contribution in [0.25, 0.3) is 0 Å². The molecule has 1 rings (SSSR count). The maximum Gasteiger partial charge on any atom is 0.248 e. The van der Waals surface area contributed by atoms with Gasteiger partial charge in [-0.2, -0.15) is 0 Å². The van der Waals surface area contributed by atoms with Crippen LogP contribution in [0.2, 0.25) is 0 Å². The van der Waals surface area contributed by atoms with Gasteiger partial charge in [0.1, 0.15) is 5.54 Å². The molecule has 15 heavy (non-hydrogen) atoms. The molecule has 0 aliphatic carbocycles. The number of carbonyl (C=O) groups is 2. The van der Waals surface area contributed by atoms with Crippen molar-refractivity contribution >= 4 is 11.8 Å². The van der Waals surface area contributed by atoms with Crippen LogP contribution >= 0.6 is 0 Å². The van der Waals surface area contributed by atoms with Crippen LogP contribution in [-0.4, -0.2) is 35.3 Å². The average molecular weight is 210 g/mol. The van der Waals surface area contributed by atoms with Gasteiger partial charge in [-0.25, -0.2) is 0 Å². The van der Waals surface area contributed by atoms with Crippen molar-refractivity contribution in [2.75, 3.05) is 13.1 Å². The lowest BCUT2D eigenvalue weighted by Crippen LogP contribution is -2.63. The molecule has 0 radical (unpaired) electrons. The molecule has 0 spiro atoms. The molecule has 0 aromatic rings. The zero-order valence-electron chi connectivity index (χ0n) is 9.54. The zero-order valence-corrected chi connectivity index (χ0v) is 9.54. The third-order valence-corrected chi connectivity index (χ3v) is 2.41. The van der Waals surface area contributed by atoms with E-state index >= 15 is 0 Å². The Hall–Kier alpha value is -1.32. The summed E-state index contributed by atoms with van der Waals surface area (Å²) < 4.78 is 0. The average Bonchev–Trinajstić information content (AvgIpc) is 2.13. The second-order valence-electron chi connectivity index (χ2n) is 4.26. The lowest BCUT2D eigenvalue weighted by atomic mass is 10.0. The first-order valence-electron chi connectivity index (χ1n) is 5.19. The normalized spacial score (nSPS) is 20.9. The van der Waals surface area contributed by atoms with Crippen molar-refractivity contribution in [3.8, 4) is 0 Å². The summed E-state index contributed by atoms with van der Waals surface area (Å²) in [6.07, 6.45) is 4.73. The molecule has 0 atom stereocenters. The van der Waals surface area contributed by atoms with Crippen LogP contribution in [0, 0.1) is 0 Å². The van der Waals surface area contributed by atoms with Gasteiger partial charge < -0.3 is 10.2 Å². The van der Waals surface area contributed by atoms with E-state index in [1.807, 2.05) is 19.1 Å². The highest BCUT2D eigenvalue weighted by atomic mass is 16.2. The minimum atomic E-state index is -0.759. The van der Waals surface area contributed by atoms with E-state index in [2.05, 4.69) is 5.32 Å². The maximum absolute atomic E-state index is 11.9. The van der Waals surface area contributed by atoms with E-state index in [0.717, 1.165) is 6.42 Å². The SMILES string of the molecule is C/C=C/CCN1CC(=O)NC(C)(C)C1=O. The zero-order chi connectivity index (χ0) is 11.5. The van der Waals surface area contributed by atoms with Gasteiger partial charge in [0.25, 0.3) is 0 Å². The summed E-state index contributed by atoms with van der Waals surface area (Å²) in [4.78, 5) is 24.8. The molecule has 0 aromatic heterocycles. The third kappa shape index (κ3) is 2.81. The molecule has 1 aliphatic heterocycles. The first-order valence-corrected chi connectivity index (χ1v) is 5.19. The summed E-state index contributed by atoms with van der Waals surface area (Å²) in [5.41, 5.74) is -0.759. The van der Waals surface area contributed by atoms with Crippen LogP contribution in [0.1, 0.15) is 27.2 Å². The van der Waals surface area contributed by atoms with E-state index in [4.69, 9.17) is 0 Å². The molecule has 1 heterocycles. The predicted octanol–water partition coefficient (Wildman–Crippen LogP) is 0.690. The van der Waals surface area contributed by atoms with Gasteiger partial charge in [0.05, 0.1) is 6.54 Å². The van der Waals surface area contributed by atoms with E-state index in [1.165, 1.54) is 0 Å². The number of nitrogens with one attached hydrogen (secondary N) is 1. The number of nitrogens with zero attached hydrogens (tertiary/aromatic N) is 1. The van der Waals surface area contributed by atoms with E-state index < -0.39 is 5.54 Å². The first kappa shape index (κ1) is 11.8. The van der Waals surface area contributed by atoms with Crippen molar-refractivity contribution in [3.05, 3.63) is 12.2 Å². The number of amides is 2. The number of hydrogen-bond donors (Lipinski definition) is 1. The molecule has 1 N–H and O–H groups in total. The molecular weight excluding hydrogens is 192 g/mol. The van der Waals surface area contributed by atoms with Crippen LogP contribution in [-0.2, 0) is 9.59 Å². The molecule has 1 aliphatic rings. The number of piperazine rings is 1. The topological polar surface area (TPSA) is 49.4 Å². The van der Waals surface area contributed by atoms with E-state index in [9.17, 15) is 9.59 Å². The monoisotopic (exact) mass is 210 g/mol. The van der Waals surface area contributed by atoms with Crippen molar-refractivity contribution < 1.29 is 9.59 Å². The Morgan fingerprint density at radius 3 is 2.73 bits per heavy atom. The Bertz CT molecular complexity index is 295. The Kier molecular flexibility index (Phi) is 3.50. The van der Waals surface area contributed by atoms with Crippen LogP contribution < -0.4 is 5.32 Å². The number of rotatable bonds is 3. The smallest absolute Gasteiger partial charge is 0.248 e. The Morgan fingerprint density at radius 2 is 2.13 bits per heavy atom. The molecule has 4 heteroatoms. The van der Waals surface area contributed by atoms with Gasteiger partial charge in [0.15, 0.2) is 0 Å². The Balaban J connectivity index is 2.63. The standard InChI is InChI=1S/C11H18N2O2/c1-4-5-6-7-13-8-9(14)12-11(2,3)10(13)15/h4-5H,6-8H2,1-3H3,(H,12,14)/b5-4+. The summed E-state index contributed by atoms with van der Waals surface area (Å²) >= 11 is 0. The van der Waals surface area contributed by atoms with Crippen LogP contribution in [0.3, 0.4) is 0 Å². The highest BCUT2D eigenvalue weighted by Crippen LogP contribution is 2.13. The molecule has 0 unspecified atom stereocenters. The molecule has 0 saturated carbocycles. The Morgan fingerprint density at radius 1 is 1.47 bits per heavy atom. The summed E-state index contributed by atoms with van der Waals surface area (Å²) in [6.45, 7) is 6.19. The fourth-order valence-corrected chi connectivity index (χ4v) is 1.66. The van der Waals surface area contributed by atoms with Crippen molar-refractivity contribution in [1.82, 2.24) is 10.2 Å². The molecule has 1 fully saturated rings. The van der Waals surface area contributed by atoms with Crippen LogP contribution in [0.4, 0.5) is 0 Å².